The Morgan fingerprint density at radius 3 is 2.36 bits per heavy atom. The molecule has 1 heteroatoms. The van der Waals surface area contributed by atoms with E-state index in [1.807, 2.05) is 0 Å². The summed E-state index contributed by atoms with van der Waals surface area (Å²) >= 11 is 0. The molecule has 0 aromatic carbocycles. The average molecular weight is 154 g/mol. The van der Waals surface area contributed by atoms with E-state index in [0.29, 0.717) is 5.92 Å². The van der Waals surface area contributed by atoms with E-state index < -0.39 is 0 Å². The van der Waals surface area contributed by atoms with Gasteiger partial charge in [-0.15, -0.1) is 0 Å². The highest BCUT2D eigenvalue weighted by Gasteiger charge is 2.33. The lowest BCUT2D eigenvalue weighted by Gasteiger charge is -2.38. The van der Waals surface area contributed by atoms with E-state index in [9.17, 15) is 5.11 Å². The number of hydrogen-bond donors (Lipinski definition) is 1. The Labute approximate surface area is 68.8 Å². The average Bonchev–Trinajstić information content (AvgIpc) is 2.06. The van der Waals surface area contributed by atoms with Crippen LogP contribution in [0.5, 0.6) is 0 Å². The molecule has 0 bridgehead atoms. The third-order valence-corrected chi connectivity index (χ3v) is 3.54. The molecule has 0 spiro atoms. The molecule has 2 rings (SSSR count). The molecule has 0 aliphatic heterocycles. The molecular formula is C10H18O. The van der Waals surface area contributed by atoms with Crippen LogP contribution in [0.4, 0.5) is 0 Å². The van der Waals surface area contributed by atoms with Gasteiger partial charge in [0, 0.05) is 0 Å². The van der Waals surface area contributed by atoms with Gasteiger partial charge in [-0.25, -0.2) is 0 Å². The lowest BCUT2D eigenvalue weighted by molar-refractivity contribution is 0.0105. The van der Waals surface area contributed by atoms with Crippen LogP contribution in [0.25, 0.3) is 0 Å². The van der Waals surface area contributed by atoms with E-state index in [0.717, 1.165) is 12.3 Å². The molecule has 0 amide bonds. The number of aliphatic hydroxyl groups is 1. The molecule has 2 aliphatic carbocycles. The van der Waals surface area contributed by atoms with Crippen LogP contribution in [0.1, 0.15) is 44.9 Å². The Morgan fingerprint density at radius 2 is 1.55 bits per heavy atom. The van der Waals surface area contributed by atoms with Crippen molar-refractivity contribution in [1.82, 2.24) is 0 Å². The maximum atomic E-state index is 9.70. The van der Waals surface area contributed by atoms with Gasteiger partial charge >= 0.3 is 0 Å². The van der Waals surface area contributed by atoms with Gasteiger partial charge in [0.05, 0.1) is 6.10 Å². The van der Waals surface area contributed by atoms with E-state index in [4.69, 9.17) is 0 Å². The zero-order valence-corrected chi connectivity index (χ0v) is 7.13. The van der Waals surface area contributed by atoms with Crippen LogP contribution in [-0.2, 0) is 0 Å². The zero-order chi connectivity index (χ0) is 7.68. The molecule has 2 saturated carbocycles. The number of rotatable bonds is 0. The molecular weight excluding hydrogens is 136 g/mol. The molecule has 1 nitrogen and oxygen atoms in total. The molecule has 3 atom stereocenters. The first kappa shape index (κ1) is 7.60. The minimum atomic E-state index is 0.0500. The quantitative estimate of drug-likeness (QED) is 0.568. The second kappa shape index (κ2) is 3.14. The van der Waals surface area contributed by atoms with Crippen LogP contribution in [0.3, 0.4) is 0 Å². The van der Waals surface area contributed by atoms with Crippen LogP contribution in [0.15, 0.2) is 0 Å². The lowest BCUT2D eigenvalue weighted by atomic mass is 9.69. The normalized spacial score (nSPS) is 45.0. The van der Waals surface area contributed by atoms with Gasteiger partial charge in [0.2, 0.25) is 0 Å². The Hall–Kier alpha value is -0.0400. The van der Waals surface area contributed by atoms with Gasteiger partial charge < -0.3 is 5.11 Å². The summed E-state index contributed by atoms with van der Waals surface area (Å²) in [6.07, 6.45) is 9.24. The molecule has 0 saturated heterocycles. The van der Waals surface area contributed by atoms with Crippen molar-refractivity contribution in [3.05, 3.63) is 0 Å². The fourth-order valence-corrected chi connectivity index (χ4v) is 2.90. The minimum Gasteiger partial charge on any atom is -0.393 e. The second-order valence-corrected chi connectivity index (χ2v) is 4.21. The molecule has 64 valence electrons. The first-order valence-corrected chi connectivity index (χ1v) is 5.06. The summed E-state index contributed by atoms with van der Waals surface area (Å²) in [7, 11) is 0. The van der Waals surface area contributed by atoms with Gasteiger partial charge in [-0.3, -0.25) is 0 Å². The number of aliphatic hydroxyl groups excluding tert-OH is 1. The summed E-state index contributed by atoms with van der Waals surface area (Å²) in [6.45, 7) is 0. The zero-order valence-electron chi connectivity index (χ0n) is 7.13. The van der Waals surface area contributed by atoms with Crippen molar-refractivity contribution >= 4 is 0 Å². The van der Waals surface area contributed by atoms with Crippen LogP contribution >= 0.6 is 0 Å². The fourth-order valence-electron chi connectivity index (χ4n) is 2.90. The fraction of sp³-hybridized carbons (Fsp3) is 1.00. The summed E-state index contributed by atoms with van der Waals surface area (Å²) in [5.41, 5.74) is 0. The largest absolute Gasteiger partial charge is 0.393 e. The van der Waals surface area contributed by atoms with Crippen molar-refractivity contribution in [2.75, 3.05) is 0 Å². The molecule has 1 N–H and O–H groups in total. The molecule has 2 aliphatic rings. The van der Waals surface area contributed by atoms with E-state index >= 15 is 0 Å². The van der Waals surface area contributed by atoms with E-state index in [1.54, 1.807) is 0 Å². The van der Waals surface area contributed by atoms with Gasteiger partial charge in [0.15, 0.2) is 0 Å². The summed E-state index contributed by atoms with van der Waals surface area (Å²) in [6, 6.07) is 0. The third kappa shape index (κ3) is 1.44. The van der Waals surface area contributed by atoms with Crippen LogP contribution < -0.4 is 0 Å². The number of hydrogen-bond acceptors (Lipinski definition) is 1. The molecule has 11 heavy (non-hydrogen) atoms. The Morgan fingerprint density at radius 1 is 0.818 bits per heavy atom. The molecule has 2 fully saturated rings. The number of fused-ring (bicyclic) bond motifs is 1. The lowest BCUT2D eigenvalue weighted by Crippen LogP contribution is -2.34. The van der Waals surface area contributed by atoms with Gasteiger partial charge in [-0.05, 0) is 31.1 Å². The maximum Gasteiger partial charge on any atom is 0.0571 e. The second-order valence-electron chi connectivity index (χ2n) is 4.21. The van der Waals surface area contributed by atoms with Crippen LogP contribution in [0, 0.1) is 11.8 Å². The van der Waals surface area contributed by atoms with Gasteiger partial charge in [-0.1, -0.05) is 25.7 Å². The van der Waals surface area contributed by atoms with Crippen molar-refractivity contribution < 1.29 is 5.11 Å². The van der Waals surface area contributed by atoms with Gasteiger partial charge in [0.25, 0.3) is 0 Å². The van der Waals surface area contributed by atoms with Crippen molar-refractivity contribution in [3.63, 3.8) is 0 Å². The first-order valence-electron chi connectivity index (χ1n) is 5.06. The SMILES string of the molecule is O[C@H]1CCC[C@H]2CCCC[C@H]21. The minimum absolute atomic E-state index is 0.0500. The summed E-state index contributed by atoms with van der Waals surface area (Å²) < 4.78 is 0. The van der Waals surface area contributed by atoms with Crippen LogP contribution in [0.2, 0.25) is 0 Å². The highest BCUT2D eigenvalue weighted by molar-refractivity contribution is 4.84. The maximum absolute atomic E-state index is 9.70. The molecule has 0 radical (unpaired) electrons. The van der Waals surface area contributed by atoms with Gasteiger partial charge in [0.1, 0.15) is 0 Å². The monoisotopic (exact) mass is 154 g/mol. The Kier molecular flexibility index (Phi) is 2.17. The summed E-state index contributed by atoms with van der Waals surface area (Å²) in [5.74, 6) is 1.56. The van der Waals surface area contributed by atoms with Crippen molar-refractivity contribution in [3.8, 4) is 0 Å². The molecule has 0 heterocycles. The third-order valence-electron chi connectivity index (χ3n) is 3.54. The predicted molar refractivity (Wildman–Crippen MR) is 45.3 cm³/mol. The van der Waals surface area contributed by atoms with Crippen molar-refractivity contribution in [2.24, 2.45) is 11.8 Å². The molecule has 0 aromatic rings. The predicted octanol–water partition coefficient (Wildman–Crippen LogP) is 2.34. The van der Waals surface area contributed by atoms with Gasteiger partial charge in [-0.2, -0.15) is 0 Å². The van der Waals surface area contributed by atoms with E-state index in [2.05, 4.69) is 0 Å². The Balaban J connectivity index is 1.99. The standard InChI is InChI=1S/C10H18O/c11-10-7-3-5-8-4-1-2-6-9(8)10/h8-11H,1-7H2/t8-,9-,10+/m1/s1. The highest BCUT2D eigenvalue weighted by atomic mass is 16.3. The smallest absolute Gasteiger partial charge is 0.0571 e. The topological polar surface area (TPSA) is 20.2 Å². The van der Waals surface area contributed by atoms with Crippen molar-refractivity contribution in [2.45, 2.75) is 51.0 Å². The first-order chi connectivity index (χ1) is 5.38. The van der Waals surface area contributed by atoms with E-state index in [-0.39, 0.29) is 6.10 Å². The summed E-state index contributed by atoms with van der Waals surface area (Å²) in [4.78, 5) is 0. The highest BCUT2D eigenvalue weighted by Crippen LogP contribution is 2.40. The Bertz CT molecular complexity index is 131. The summed E-state index contributed by atoms with van der Waals surface area (Å²) in [5, 5.41) is 9.70. The molecule has 0 aromatic heterocycles. The van der Waals surface area contributed by atoms with E-state index in [1.165, 1.54) is 38.5 Å². The molecule has 0 unspecified atom stereocenters. The van der Waals surface area contributed by atoms with Crippen LogP contribution in [-0.4, -0.2) is 11.2 Å². The van der Waals surface area contributed by atoms with Crippen molar-refractivity contribution in [1.29, 1.82) is 0 Å².